The van der Waals surface area contributed by atoms with E-state index in [2.05, 4.69) is 4.98 Å². The van der Waals surface area contributed by atoms with Crippen LogP contribution in [0.25, 0.3) is 10.9 Å². The standard InChI is InChI=1S/C15H15FN2O3/c16-10-6-11(8-19)18(7-10)15(21)12-5-9-3-1-2-4-13(9)17-14(12)20/h1-5,10-11,19H,6-8H2,(H,17,20)/t10-,11-/m0/s1. The van der Waals surface area contributed by atoms with Crippen LogP contribution in [-0.2, 0) is 0 Å². The number of aromatic amines is 1. The molecule has 0 aliphatic carbocycles. The number of rotatable bonds is 2. The van der Waals surface area contributed by atoms with Crippen molar-refractivity contribution in [3.05, 3.63) is 46.2 Å². The summed E-state index contributed by atoms with van der Waals surface area (Å²) in [7, 11) is 0. The van der Waals surface area contributed by atoms with Crippen molar-refractivity contribution in [2.24, 2.45) is 0 Å². The zero-order valence-electron chi connectivity index (χ0n) is 11.3. The Kier molecular flexibility index (Phi) is 3.47. The number of alkyl halides is 1. The maximum absolute atomic E-state index is 13.4. The summed E-state index contributed by atoms with van der Waals surface area (Å²) in [4.78, 5) is 28.4. The molecule has 0 saturated carbocycles. The van der Waals surface area contributed by atoms with Crippen LogP contribution in [0.3, 0.4) is 0 Å². The number of fused-ring (bicyclic) bond motifs is 1. The zero-order valence-corrected chi connectivity index (χ0v) is 11.3. The fraction of sp³-hybridized carbons (Fsp3) is 0.333. The fourth-order valence-corrected chi connectivity index (χ4v) is 2.74. The Balaban J connectivity index is 2.01. The number of nitrogens with zero attached hydrogens (tertiary/aromatic N) is 1. The molecule has 1 aliphatic heterocycles. The molecule has 0 spiro atoms. The number of aromatic nitrogens is 1. The van der Waals surface area contributed by atoms with Gasteiger partial charge in [0.1, 0.15) is 11.7 Å². The highest BCUT2D eigenvalue weighted by molar-refractivity contribution is 5.97. The minimum Gasteiger partial charge on any atom is -0.394 e. The van der Waals surface area contributed by atoms with E-state index in [0.717, 1.165) is 5.39 Å². The van der Waals surface area contributed by atoms with E-state index in [1.165, 1.54) is 11.0 Å². The van der Waals surface area contributed by atoms with E-state index in [1.807, 2.05) is 0 Å². The minimum absolute atomic E-state index is 0.0266. The molecule has 1 aromatic carbocycles. The third-order valence-electron chi connectivity index (χ3n) is 3.82. The number of hydrogen-bond donors (Lipinski definition) is 2. The van der Waals surface area contributed by atoms with Gasteiger partial charge < -0.3 is 15.0 Å². The lowest BCUT2D eigenvalue weighted by Gasteiger charge is -2.22. The fourth-order valence-electron chi connectivity index (χ4n) is 2.74. The van der Waals surface area contributed by atoms with E-state index in [9.17, 15) is 19.1 Å². The van der Waals surface area contributed by atoms with Crippen molar-refractivity contribution in [1.29, 1.82) is 0 Å². The molecular weight excluding hydrogens is 275 g/mol. The largest absolute Gasteiger partial charge is 0.394 e. The third-order valence-corrected chi connectivity index (χ3v) is 3.82. The number of aliphatic hydroxyl groups is 1. The maximum Gasteiger partial charge on any atom is 0.261 e. The van der Waals surface area contributed by atoms with Gasteiger partial charge in [0.25, 0.3) is 11.5 Å². The molecule has 2 atom stereocenters. The summed E-state index contributed by atoms with van der Waals surface area (Å²) in [6.07, 6.45) is -1.06. The summed E-state index contributed by atoms with van der Waals surface area (Å²) in [5.41, 5.74) is 0.112. The van der Waals surface area contributed by atoms with E-state index in [0.29, 0.717) is 5.52 Å². The number of likely N-dealkylation sites (tertiary alicyclic amines) is 1. The zero-order chi connectivity index (χ0) is 15.0. The highest BCUT2D eigenvalue weighted by Gasteiger charge is 2.36. The average Bonchev–Trinajstić information content (AvgIpc) is 2.87. The lowest BCUT2D eigenvalue weighted by atomic mass is 10.1. The van der Waals surface area contributed by atoms with Gasteiger partial charge in [-0.15, -0.1) is 0 Å². The molecule has 2 N–H and O–H groups in total. The molecule has 0 unspecified atom stereocenters. The summed E-state index contributed by atoms with van der Waals surface area (Å²) in [5, 5.41) is 9.98. The normalized spacial score (nSPS) is 21.9. The molecule has 2 heterocycles. The van der Waals surface area contributed by atoms with Gasteiger partial charge in [-0.2, -0.15) is 0 Å². The van der Waals surface area contributed by atoms with Crippen LogP contribution >= 0.6 is 0 Å². The molecule has 0 radical (unpaired) electrons. The van der Waals surface area contributed by atoms with Crippen LogP contribution in [0.1, 0.15) is 16.8 Å². The Labute approximate surface area is 120 Å². The number of nitrogens with one attached hydrogen (secondary N) is 1. The van der Waals surface area contributed by atoms with Gasteiger partial charge >= 0.3 is 0 Å². The van der Waals surface area contributed by atoms with Crippen molar-refractivity contribution in [1.82, 2.24) is 9.88 Å². The molecule has 1 saturated heterocycles. The number of carbonyl (C=O) groups is 1. The van der Waals surface area contributed by atoms with Gasteiger partial charge in [0, 0.05) is 11.9 Å². The van der Waals surface area contributed by atoms with Gasteiger partial charge in [0.05, 0.1) is 19.2 Å². The summed E-state index contributed by atoms with van der Waals surface area (Å²) in [6.45, 7) is -0.395. The van der Waals surface area contributed by atoms with Gasteiger partial charge in [-0.25, -0.2) is 4.39 Å². The molecule has 5 nitrogen and oxygen atoms in total. The van der Waals surface area contributed by atoms with Gasteiger partial charge in [0.15, 0.2) is 0 Å². The predicted molar refractivity (Wildman–Crippen MR) is 76.0 cm³/mol. The Morgan fingerprint density at radius 2 is 2.19 bits per heavy atom. The van der Waals surface area contributed by atoms with E-state index < -0.39 is 23.7 Å². The highest BCUT2D eigenvalue weighted by atomic mass is 19.1. The molecule has 1 aromatic heterocycles. The Morgan fingerprint density at radius 3 is 2.95 bits per heavy atom. The van der Waals surface area contributed by atoms with Crippen LogP contribution < -0.4 is 5.56 Å². The minimum atomic E-state index is -1.16. The number of pyridine rings is 1. The van der Waals surface area contributed by atoms with E-state index in [1.54, 1.807) is 24.3 Å². The first kappa shape index (κ1) is 13.8. The van der Waals surface area contributed by atoms with E-state index in [-0.39, 0.29) is 25.1 Å². The maximum atomic E-state index is 13.4. The van der Waals surface area contributed by atoms with Crippen molar-refractivity contribution in [2.45, 2.75) is 18.6 Å². The van der Waals surface area contributed by atoms with Crippen molar-refractivity contribution in [2.75, 3.05) is 13.2 Å². The van der Waals surface area contributed by atoms with E-state index in [4.69, 9.17) is 0 Å². The Hall–Kier alpha value is -2.21. The van der Waals surface area contributed by atoms with Crippen molar-refractivity contribution >= 4 is 16.8 Å². The highest BCUT2D eigenvalue weighted by Crippen LogP contribution is 2.22. The molecule has 6 heteroatoms. The van der Waals surface area contributed by atoms with Crippen LogP contribution in [0.5, 0.6) is 0 Å². The van der Waals surface area contributed by atoms with Crippen molar-refractivity contribution < 1.29 is 14.3 Å². The first-order valence-electron chi connectivity index (χ1n) is 6.78. The molecule has 110 valence electrons. The summed E-state index contributed by atoms with van der Waals surface area (Å²) < 4.78 is 13.4. The summed E-state index contributed by atoms with van der Waals surface area (Å²) in [6, 6.07) is 8.06. The second-order valence-corrected chi connectivity index (χ2v) is 5.23. The van der Waals surface area contributed by atoms with Gasteiger partial charge in [0.2, 0.25) is 0 Å². The number of carbonyl (C=O) groups excluding carboxylic acids is 1. The monoisotopic (exact) mass is 290 g/mol. The second kappa shape index (κ2) is 5.29. The van der Waals surface area contributed by atoms with Gasteiger partial charge in [-0.3, -0.25) is 9.59 Å². The number of para-hydroxylation sites is 1. The average molecular weight is 290 g/mol. The molecule has 3 rings (SSSR count). The smallest absolute Gasteiger partial charge is 0.261 e. The molecule has 1 fully saturated rings. The van der Waals surface area contributed by atoms with Crippen molar-refractivity contribution in [3.8, 4) is 0 Å². The first-order chi connectivity index (χ1) is 10.1. The lowest BCUT2D eigenvalue weighted by molar-refractivity contribution is 0.0671. The third kappa shape index (κ3) is 2.42. The number of halogens is 1. The van der Waals surface area contributed by atoms with E-state index >= 15 is 0 Å². The van der Waals surface area contributed by atoms with Crippen molar-refractivity contribution in [3.63, 3.8) is 0 Å². The van der Waals surface area contributed by atoms with Crippen LogP contribution in [0.2, 0.25) is 0 Å². The molecule has 0 bridgehead atoms. The van der Waals surface area contributed by atoms with Crippen LogP contribution in [0.4, 0.5) is 4.39 Å². The van der Waals surface area contributed by atoms with Gasteiger partial charge in [-0.05, 0) is 17.5 Å². The summed E-state index contributed by atoms with van der Waals surface area (Å²) >= 11 is 0. The second-order valence-electron chi connectivity index (χ2n) is 5.23. The number of hydrogen-bond acceptors (Lipinski definition) is 3. The summed E-state index contributed by atoms with van der Waals surface area (Å²) in [5.74, 6) is -0.541. The predicted octanol–water partition coefficient (Wildman–Crippen LogP) is 1.07. The first-order valence-corrected chi connectivity index (χ1v) is 6.78. The van der Waals surface area contributed by atoms with Crippen LogP contribution in [0.15, 0.2) is 35.1 Å². The number of amides is 1. The molecule has 1 aliphatic rings. The Bertz CT molecular complexity index is 743. The molecule has 1 amide bonds. The molecule has 2 aromatic rings. The molecular formula is C15H15FN2O3. The topological polar surface area (TPSA) is 73.4 Å². The SMILES string of the molecule is O=C(c1cc2ccccc2[nH]c1=O)N1C[C@@H](F)C[C@H]1CO. The molecule has 21 heavy (non-hydrogen) atoms. The van der Waals surface area contributed by atoms with Gasteiger partial charge in [-0.1, -0.05) is 18.2 Å². The number of aliphatic hydroxyl groups excluding tert-OH is 1. The van der Waals surface area contributed by atoms with Crippen LogP contribution in [-0.4, -0.2) is 46.3 Å². The quantitative estimate of drug-likeness (QED) is 0.869. The van der Waals surface area contributed by atoms with Crippen LogP contribution in [0, 0.1) is 0 Å². The number of benzene rings is 1. The number of H-pyrrole nitrogens is 1. The Morgan fingerprint density at radius 1 is 1.43 bits per heavy atom. The lowest BCUT2D eigenvalue weighted by Crippen LogP contribution is -2.40.